The smallest absolute Gasteiger partial charge is 0.150 e. The summed E-state index contributed by atoms with van der Waals surface area (Å²) < 4.78 is 7.68. The average Bonchev–Trinajstić information content (AvgIpc) is 2.70. The molecule has 0 unspecified atom stereocenters. The van der Waals surface area contributed by atoms with Crippen LogP contribution < -0.4 is 0 Å². The van der Waals surface area contributed by atoms with Crippen LogP contribution in [0.25, 0.3) is 11.5 Å². The van der Waals surface area contributed by atoms with E-state index in [4.69, 9.17) is 4.42 Å². The van der Waals surface area contributed by atoms with Gasteiger partial charge in [0.1, 0.15) is 5.76 Å². The summed E-state index contributed by atoms with van der Waals surface area (Å²) in [7, 11) is 0. The fourth-order valence-electron chi connectivity index (χ4n) is 1.86. The lowest BCUT2D eigenvalue weighted by Gasteiger charge is -2.13. The van der Waals surface area contributed by atoms with Gasteiger partial charge in [-0.15, -0.1) is 0 Å². The Hall–Kier alpha value is -1.44. The summed E-state index contributed by atoms with van der Waals surface area (Å²) in [5.41, 5.74) is 2.42. The minimum absolute atomic E-state index is 0.463. The van der Waals surface area contributed by atoms with E-state index < -0.39 is 0 Å². The van der Waals surface area contributed by atoms with E-state index in [9.17, 15) is 0 Å². The molecule has 0 amide bonds. The largest absolute Gasteiger partial charge is 0.463 e. The van der Waals surface area contributed by atoms with Crippen LogP contribution in [0.3, 0.4) is 0 Å². The molecule has 2 rings (SSSR count). The standard InChI is InChI=1S/C12H15NO/c1-9(2)13-10(3)6-7-11(13)12-5-4-8-14-12/h4-9H,1-3H3. The number of rotatable bonds is 2. The van der Waals surface area contributed by atoms with Crippen LogP contribution >= 0.6 is 0 Å². The maximum absolute atomic E-state index is 5.40. The summed E-state index contributed by atoms with van der Waals surface area (Å²) in [6.07, 6.45) is 1.71. The molecule has 2 aromatic heterocycles. The number of aromatic nitrogens is 1. The van der Waals surface area contributed by atoms with E-state index in [2.05, 4.69) is 37.5 Å². The predicted octanol–water partition coefficient (Wildman–Crippen LogP) is 3.64. The lowest BCUT2D eigenvalue weighted by atomic mass is 10.3. The van der Waals surface area contributed by atoms with Gasteiger partial charge in [0.2, 0.25) is 0 Å². The van der Waals surface area contributed by atoms with Crippen LogP contribution in [0.4, 0.5) is 0 Å². The zero-order valence-corrected chi connectivity index (χ0v) is 8.82. The van der Waals surface area contributed by atoms with E-state index in [-0.39, 0.29) is 0 Å². The van der Waals surface area contributed by atoms with Crippen LogP contribution in [0.1, 0.15) is 25.6 Å². The van der Waals surface area contributed by atoms with E-state index in [0.29, 0.717) is 6.04 Å². The van der Waals surface area contributed by atoms with Gasteiger partial charge < -0.3 is 8.98 Å². The lowest BCUT2D eigenvalue weighted by molar-refractivity contribution is 0.550. The highest BCUT2D eigenvalue weighted by Crippen LogP contribution is 2.26. The molecular weight excluding hydrogens is 174 g/mol. The Bertz CT molecular complexity index is 409. The summed E-state index contributed by atoms with van der Waals surface area (Å²) >= 11 is 0. The van der Waals surface area contributed by atoms with Crippen molar-refractivity contribution in [2.75, 3.05) is 0 Å². The zero-order valence-electron chi connectivity index (χ0n) is 8.82. The lowest BCUT2D eigenvalue weighted by Crippen LogP contribution is -2.03. The second-order valence-corrected chi connectivity index (χ2v) is 3.80. The van der Waals surface area contributed by atoms with E-state index in [0.717, 1.165) is 11.5 Å². The Morgan fingerprint density at radius 1 is 1.21 bits per heavy atom. The van der Waals surface area contributed by atoms with Crippen molar-refractivity contribution in [1.29, 1.82) is 0 Å². The molecule has 0 fully saturated rings. The Labute approximate surface area is 84.2 Å². The molecule has 0 saturated carbocycles. The van der Waals surface area contributed by atoms with Gasteiger partial charge in [0.15, 0.2) is 0 Å². The third-order valence-corrected chi connectivity index (χ3v) is 2.41. The van der Waals surface area contributed by atoms with Crippen molar-refractivity contribution in [3.8, 4) is 11.5 Å². The summed E-state index contributed by atoms with van der Waals surface area (Å²) in [5, 5.41) is 0. The normalized spacial score (nSPS) is 11.1. The Morgan fingerprint density at radius 2 is 2.00 bits per heavy atom. The second-order valence-electron chi connectivity index (χ2n) is 3.80. The first-order chi connectivity index (χ1) is 6.70. The van der Waals surface area contributed by atoms with Crippen molar-refractivity contribution >= 4 is 0 Å². The number of nitrogens with zero attached hydrogens (tertiary/aromatic N) is 1. The first-order valence-electron chi connectivity index (χ1n) is 4.92. The van der Waals surface area contributed by atoms with Crippen molar-refractivity contribution in [3.63, 3.8) is 0 Å². The third kappa shape index (κ3) is 1.37. The van der Waals surface area contributed by atoms with E-state index in [1.165, 1.54) is 5.69 Å². The van der Waals surface area contributed by atoms with Gasteiger partial charge in [0.25, 0.3) is 0 Å². The minimum atomic E-state index is 0.463. The van der Waals surface area contributed by atoms with E-state index >= 15 is 0 Å². The Balaban J connectivity index is 2.54. The molecule has 0 radical (unpaired) electrons. The number of hydrogen-bond acceptors (Lipinski definition) is 1. The summed E-state index contributed by atoms with van der Waals surface area (Å²) in [5.74, 6) is 0.937. The SMILES string of the molecule is Cc1ccc(-c2ccco2)n1C(C)C. The minimum Gasteiger partial charge on any atom is -0.463 e. The van der Waals surface area contributed by atoms with Gasteiger partial charge in [-0.1, -0.05) is 0 Å². The molecule has 0 atom stereocenters. The molecule has 0 spiro atoms. The van der Waals surface area contributed by atoms with Gasteiger partial charge in [0, 0.05) is 11.7 Å². The van der Waals surface area contributed by atoms with Crippen LogP contribution in [0.2, 0.25) is 0 Å². The molecule has 2 nitrogen and oxygen atoms in total. The molecular formula is C12H15NO. The van der Waals surface area contributed by atoms with Crippen molar-refractivity contribution in [1.82, 2.24) is 4.57 Å². The number of furan rings is 1. The molecule has 14 heavy (non-hydrogen) atoms. The van der Waals surface area contributed by atoms with Crippen LogP contribution in [-0.4, -0.2) is 4.57 Å². The van der Waals surface area contributed by atoms with Gasteiger partial charge >= 0.3 is 0 Å². The van der Waals surface area contributed by atoms with Crippen LogP contribution in [0, 0.1) is 6.92 Å². The molecule has 2 heterocycles. The molecule has 0 aliphatic heterocycles. The van der Waals surface area contributed by atoms with Gasteiger partial charge in [-0.3, -0.25) is 0 Å². The third-order valence-electron chi connectivity index (χ3n) is 2.41. The predicted molar refractivity (Wildman–Crippen MR) is 57.3 cm³/mol. The Kier molecular flexibility index (Phi) is 2.20. The number of hydrogen-bond donors (Lipinski definition) is 0. The van der Waals surface area contributed by atoms with Gasteiger partial charge in [-0.25, -0.2) is 0 Å². The fourth-order valence-corrected chi connectivity index (χ4v) is 1.86. The maximum atomic E-state index is 5.40. The second kappa shape index (κ2) is 3.37. The van der Waals surface area contributed by atoms with Crippen molar-refractivity contribution in [2.45, 2.75) is 26.8 Å². The van der Waals surface area contributed by atoms with E-state index in [1.807, 2.05) is 12.1 Å². The van der Waals surface area contributed by atoms with Gasteiger partial charge in [0.05, 0.1) is 12.0 Å². The average molecular weight is 189 g/mol. The van der Waals surface area contributed by atoms with Crippen LogP contribution in [0.15, 0.2) is 34.9 Å². The molecule has 0 aromatic carbocycles. The first kappa shape index (κ1) is 9.13. The number of aryl methyl sites for hydroxylation is 1. The highest BCUT2D eigenvalue weighted by molar-refractivity contribution is 5.54. The highest BCUT2D eigenvalue weighted by atomic mass is 16.3. The van der Waals surface area contributed by atoms with E-state index in [1.54, 1.807) is 6.26 Å². The summed E-state index contributed by atoms with van der Waals surface area (Å²) in [6, 6.07) is 8.60. The molecule has 2 heteroatoms. The maximum Gasteiger partial charge on any atom is 0.150 e. The van der Waals surface area contributed by atoms with Crippen molar-refractivity contribution < 1.29 is 4.42 Å². The molecule has 0 aliphatic rings. The van der Waals surface area contributed by atoms with Crippen LogP contribution in [-0.2, 0) is 0 Å². The fraction of sp³-hybridized carbons (Fsp3) is 0.333. The molecule has 2 aromatic rings. The molecule has 0 saturated heterocycles. The summed E-state index contributed by atoms with van der Waals surface area (Å²) in [6.45, 7) is 6.48. The van der Waals surface area contributed by atoms with Gasteiger partial charge in [-0.2, -0.15) is 0 Å². The first-order valence-corrected chi connectivity index (χ1v) is 4.92. The quantitative estimate of drug-likeness (QED) is 0.705. The van der Waals surface area contributed by atoms with Crippen LogP contribution in [0.5, 0.6) is 0 Å². The topological polar surface area (TPSA) is 18.1 Å². The van der Waals surface area contributed by atoms with Crippen molar-refractivity contribution in [2.24, 2.45) is 0 Å². The van der Waals surface area contributed by atoms with Crippen molar-refractivity contribution in [3.05, 3.63) is 36.2 Å². The summed E-state index contributed by atoms with van der Waals surface area (Å²) in [4.78, 5) is 0. The zero-order chi connectivity index (χ0) is 10.1. The molecule has 0 bridgehead atoms. The monoisotopic (exact) mass is 189 g/mol. The molecule has 74 valence electrons. The Morgan fingerprint density at radius 3 is 2.57 bits per heavy atom. The highest BCUT2D eigenvalue weighted by Gasteiger charge is 2.11. The molecule has 0 N–H and O–H groups in total. The van der Waals surface area contributed by atoms with Gasteiger partial charge in [-0.05, 0) is 45.0 Å². The molecule has 0 aliphatic carbocycles.